The van der Waals surface area contributed by atoms with E-state index in [-0.39, 0.29) is 11.5 Å². The summed E-state index contributed by atoms with van der Waals surface area (Å²) in [5.41, 5.74) is 1.52. The van der Waals surface area contributed by atoms with Gasteiger partial charge >= 0.3 is 6.16 Å². The van der Waals surface area contributed by atoms with Gasteiger partial charge in [-0.15, -0.1) is 0 Å². The van der Waals surface area contributed by atoms with Crippen molar-refractivity contribution >= 4 is 29.2 Å². The molecule has 0 saturated heterocycles. The summed E-state index contributed by atoms with van der Waals surface area (Å²) in [4.78, 5) is 15.9. The van der Waals surface area contributed by atoms with E-state index in [0.29, 0.717) is 22.0 Å². The molecule has 0 radical (unpaired) electrons. The van der Waals surface area contributed by atoms with Gasteiger partial charge in [0.1, 0.15) is 11.8 Å². The van der Waals surface area contributed by atoms with Gasteiger partial charge in [0, 0.05) is 18.0 Å². The van der Waals surface area contributed by atoms with E-state index in [9.17, 15) is 10.1 Å². The largest absolute Gasteiger partial charge is 0.513 e. The highest BCUT2D eigenvalue weighted by Crippen LogP contribution is 2.29. The molecule has 0 spiro atoms. The van der Waals surface area contributed by atoms with Crippen molar-refractivity contribution in [2.75, 3.05) is 7.11 Å². The van der Waals surface area contributed by atoms with Crippen LogP contribution < -0.4 is 0 Å². The number of benzene rings is 1. The van der Waals surface area contributed by atoms with E-state index >= 15 is 0 Å². The van der Waals surface area contributed by atoms with Crippen LogP contribution in [0.2, 0.25) is 5.02 Å². The Balaban J connectivity index is 2.14. The first-order valence-electron chi connectivity index (χ1n) is 7.76. The molecular formula is C19H13ClN4O3. The van der Waals surface area contributed by atoms with Crippen LogP contribution in [0.25, 0.3) is 22.8 Å². The summed E-state index contributed by atoms with van der Waals surface area (Å²) >= 11 is 6.22. The Morgan fingerprint density at radius 3 is 2.59 bits per heavy atom. The molecular weight excluding hydrogens is 368 g/mol. The predicted octanol–water partition coefficient (Wildman–Crippen LogP) is 4.23. The lowest BCUT2D eigenvalue weighted by molar-refractivity contribution is 0.112. The zero-order chi connectivity index (χ0) is 19.2. The van der Waals surface area contributed by atoms with Crippen LogP contribution in [0.1, 0.15) is 5.56 Å². The summed E-state index contributed by atoms with van der Waals surface area (Å²) in [6.45, 7) is 0. The monoisotopic (exact) mass is 380 g/mol. The number of hydrogen-bond acceptors (Lipinski definition) is 6. The van der Waals surface area contributed by atoms with E-state index in [1.165, 1.54) is 11.8 Å². The van der Waals surface area contributed by atoms with Crippen molar-refractivity contribution in [3.05, 3.63) is 71.5 Å². The topological polar surface area (TPSA) is 90.0 Å². The number of carbonyl (C=O) groups is 1. The highest BCUT2D eigenvalue weighted by molar-refractivity contribution is 6.32. The molecule has 3 rings (SSSR count). The first-order valence-corrected chi connectivity index (χ1v) is 8.14. The fourth-order valence-corrected chi connectivity index (χ4v) is 2.53. The lowest BCUT2D eigenvalue weighted by Crippen LogP contribution is -2.09. The molecule has 134 valence electrons. The lowest BCUT2D eigenvalue weighted by Gasteiger charge is -2.12. The minimum Gasteiger partial charge on any atom is -0.437 e. The predicted molar refractivity (Wildman–Crippen MR) is 99.1 cm³/mol. The second-order valence-corrected chi connectivity index (χ2v) is 5.59. The Hall–Kier alpha value is -3.63. The molecule has 0 unspecified atom stereocenters. The molecule has 2 aromatic heterocycles. The third kappa shape index (κ3) is 3.97. The van der Waals surface area contributed by atoms with E-state index < -0.39 is 6.16 Å². The molecule has 0 N–H and O–H groups in total. The van der Waals surface area contributed by atoms with Gasteiger partial charge in [0.2, 0.25) is 0 Å². The van der Waals surface area contributed by atoms with E-state index in [1.54, 1.807) is 54.9 Å². The highest BCUT2D eigenvalue weighted by atomic mass is 35.5. The second-order valence-electron chi connectivity index (χ2n) is 5.19. The molecule has 2 heterocycles. The van der Waals surface area contributed by atoms with Crippen molar-refractivity contribution in [2.24, 2.45) is 0 Å². The summed E-state index contributed by atoms with van der Waals surface area (Å²) in [5.74, 6) is -0.0642. The highest BCUT2D eigenvalue weighted by Gasteiger charge is 2.20. The smallest absolute Gasteiger partial charge is 0.437 e. The maximum absolute atomic E-state index is 11.7. The van der Waals surface area contributed by atoms with Gasteiger partial charge in [-0.05, 0) is 30.3 Å². The number of nitrogens with zero attached hydrogens (tertiary/aromatic N) is 4. The molecule has 27 heavy (non-hydrogen) atoms. The third-order valence-corrected chi connectivity index (χ3v) is 3.87. The number of pyridine rings is 1. The van der Waals surface area contributed by atoms with Gasteiger partial charge in [0.05, 0.1) is 17.8 Å². The maximum Gasteiger partial charge on any atom is 0.513 e. The number of carbonyl (C=O) groups excluding carboxylic acids is 1. The van der Waals surface area contributed by atoms with Gasteiger partial charge < -0.3 is 9.47 Å². The van der Waals surface area contributed by atoms with Crippen LogP contribution in [-0.4, -0.2) is 28.0 Å². The fraction of sp³-hybridized carbons (Fsp3) is 0.0526. The van der Waals surface area contributed by atoms with Crippen LogP contribution in [0.15, 0.2) is 60.9 Å². The van der Waals surface area contributed by atoms with Crippen LogP contribution in [0.5, 0.6) is 0 Å². The zero-order valence-corrected chi connectivity index (χ0v) is 14.9. The summed E-state index contributed by atoms with van der Waals surface area (Å²) < 4.78 is 11.1. The average molecular weight is 381 g/mol. The van der Waals surface area contributed by atoms with Gasteiger partial charge in [0.25, 0.3) is 0 Å². The minimum atomic E-state index is -0.977. The van der Waals surface area contributed by atoms with E-state index in [4.69, 9.17) is 16.3 Å². The molecule has 0 fully saturated rings. The molecule has 3 aromatic rings. The molecule has 1 aromatic carbocycles. The number of allylic oxidation sites excluding steroid dienone is 1. The van der Waals surface area contributed by atoms with Crippen LogP contribution in [-0.2, 0) is 9.47 Å². The van der Waals surface area contributed by atoms with Crippen molar-refractivity contribution in [1.29, 1.82) is 5.26 Å². The normalized spacial score (nSPS) is 11.3. The molecule has 0 aliphatic heterocycles. The van der Waals surface area contributed by atoms with Gasteiger partial charge in [-0.3, -0.25) is 4.98 Å². The molecule has 0 saturated carbocycles. The molecule has 8 heteroatoms. The molecule has 7 nitrogen and oxygen atoms in total. The number of halogens is 1. The van der Waals surface area contributed by atoms with Crippen molar-refractivity contribution in [3.8, 4) is 17.5 Å². The standard InChI is InChI=1S/C19H13ClN4O3/c1-26-19(25)27-18(13-6-2-3-7-14(13)20)17(12-21)24-11-9-16(23-24)15-8-4-5-10-22-15/h2-11H,1H3. The van der Waals surface area contributed by atoms with Crippen molar-refractivity contribution in [1.82, 2.24) is 14.8 Å². The number of hydrogen-bond donors (Lipinski definition) is 0. The van der Waals surface area contributed by atoms with Crippen LogP contribution in [0, 0.1) is 11.3 Å². The van der Waals surface area contributed by atoms with Gasteiger partial charge in [-0.25, -0.2) is 9.48 Å². The van der Waals surface area contributed by atoms with Gasteiger partial charge in [-0.2, -0.15) is 10.4 Å². The Bertz CT molecular complexity index is 1040. The zero-order valence-electron chi connectivity index (χ0n) is 14.2. The maximum atomic E-state index is 11.7. The lowest BCUT2D eigenvalue weighted by atomic mass is 10.1. The Labute approximate surface area is 160 Å². The summed E-state index contributed by atoms with van der Waals surface area (Å²) in [7, 11) is 1.17. The molecule has 0 aliphatic carbocycles. The molecule has 0 amide bonds. The third-order valence-electron chi connectivity index (χ3n) is 3.54. The molecule has 0 atom stereocenters. The van der Waals surface area contributed by atoms with E-state index in [0.717, 1.165) is 0 Å². The minimum absolute atomic E-state index is 0.0318. The van der Waals surface area contributed by atoms with Crippen molar-refractivity contribution in [3.63, 3.8) is 0 Å². The van der Waals surface area contributed by atoms with E-state index in [2.05, 4.69) is 14.8 Å². The van der Waals surface area contributed by atoms with Crippen LogP contribution >= 0.6 is 11.6 Å². The van der Waals surface area contributed by atoms with Gasteiger partial charge in [-0.1, -0.05) is 29.8 Å². The Morgan fingerprint density at radius 2 is 1.93 bits per heavy atom. The summed E-state index contributed by atoms with van der Waals surface area (Å²) in [6, 6.07) is 15.8. The Morgan fingerprint density at radius 1 is 1.15 bits per heavy atom. The number of nitriles is 1. The average Bonchev–Trinajstić information content (AvgIpc) is 3.18. The van der Waals surface area contributed by atoms with Crippen LogP contribution in [0.3, 0.4) is 0 Å². The van der Waals surface area contributed by atoms with E-state index in [1.807, 2.05) is 12.1 Å². The Kier molecular flexibility index (Phi) is 5.50. The first-order chi connectivity index (χ1) is 13.1. The second kappa shape index (κ2) is 8.17. The SMILES string of the molecule is COC(=O)OC(=C(C#N)n1ccc(-c2ccccn2)n1)c1ccccc1Cl. The first kappa shape index (κ1) is 18.2. The van der Waals surface area contributed by atoms with Crippen molar-refractivity contribution in [2.45, 2.75) is 0 Å². The van der Waals surface area contributed by atoms with Crippen LogP contribution in [0.4, 0.5) is 4.79 Å². The quantitative estimate of drug-likeness (QED) is 0.382. The number of aromatic nitrogens is 3. The van der Waals surface area contributed by atoms with Gasteiger partial charge in [0.15, 0.2) is 11.5 Å². The molecule has 0 aliphatic rings. The summed E-state index contributed by atoms with van der Waals surface area (Å²) in [5, 5.41) is 14.4. The van der Waals surface area contributed by atoms with Crippen molar-refractivity contribution < 1.29 is 14.3 Å². The summed E-state index contributed by atoms with van der Waals surface area (Å²) in [6.07, 6.45) is 2.24. The molecule has 0 bridgehead atoms. The fourth-order valence-electron chi connectivity index (χ4n) is 2.31. The number of rotatable bonds is 4. The number of methoxy groups -OCH3 is 1. The number of ether oxygens (including phenoxy) is 2.